The molecule has 0 atom stereocenters. The summed E-state index contributed by atoms with van der Waals surface area (Å²) in [6.07, 6.45) is 9.56. The molecule has 5 rings (SSSR count). The third-order valence-electron chi connectivity index (χ3n) is 6.49. The summed E-state index contributed by atoms with van der Waals surface area (Å²) in [5.74, 6) is 0.924. The Morgan fingerprint density at radius 2 is 1.82 bits per heavy atom. The fraction of sp³-hybridized carbons (Fsp3) is 0.545. The zero-order valence-corrected chi connectivity index (χ0v) is 19.2. The minimum atomic E-state index is 0.236. The average Bonchev–Trinajstić information content (AvgIpc) is 3.29. The number of fused-ring (bicyclic) bond motifs is 1. The average molecular weight is 447 g/mol. The molecule has 2 aliphatic rings. The van der Waals surface area contributed by atoms with E-state index in [1.54, 1.807) is 12.4 Å². The predicted octanol–water partition coefficient (Wildman–Crippen LogP) is 1.17. The van der Waals surface area contributed by atoms with Crippen LogP contribution in [-0.2, 0) is 4.74 Å². The Balaban J connectivity index is 1.51. The third-order valence-corrected chi connectivity index (χ3v) is 6.49. The number of imidazole rings is 1. The number of nitrogen functional groups attached to an aromatic ring is 1. The number of morpholine rings is 1. The quantitative estimate of drug-likeness (QED) is 0.557. The van der Waals surface area contributed by atoms with E-state index in [1.807, 2.05) is 6.33 Å². The number of rotatable bonds is 6. The van der Waals surface area contributed by atoms with Crippen molar-refractivity contribution in [3.63, 3.8) is 0 Å². The van der Waals surface area contributed by atoms with E-state index in [1.165, 1.54) is 5.59 Å². The molecule has 0 amide bonds. The van der Waals surface area contributed by atoms with Gasteiger partial charge in [-0.05, 0) is 0 Å². The van der Waals surface area contributed by atoms with Crippen LogP contribution in [0.5, 0.6) is 0 Å². The van der Waals surface area contributed by atoms with E-state index in [0.717, 1.165) is 74.3 Å². The summed E-state index contributed by atoms with van der Waals surface area (Å²) < 4.78 is 7.75. The van der Waals surface area contributed by atoms with Crippen molar-refractivity contribution in [3.05, 3.63) is 18.7 Å². The van der Waals surface area contributed by atoms with Gasteiger partial charge in [0.15, 0.2) is 0 Å². The van der Waals surface area contributed by atoms with E-state index in [2.05, 4.69) is 38.7 Å². The number of piperidine rings is 1. The molecule has 2 fully saturated rings. The molecule has 0 spiro atoms. The molecule has 0 radical (unpaired) electrons. The fourth-order valence-corrected chi connectivity index (χ4v) is 4.65. The second kappa shape index (κ2) is 9.42. The topological polar surface area (TPSA) is 111 Å². The first-order valence-corrected chi connectivity index (χ1v) is 11.7. The Morgan fingerprint density at radius 3 is 2.52 bits per heavy atom. The monoisotopic (exact) mass is 447 g/mol. The van der Waals surface area contributed by atoms with Crippen molar-refractivity contribution in [2.45, 2.75) is 38.6 Å². The first-order valence-electron chi connectivity index (χ1n) is 11.7. The van der Waals surface area contributed by atoms with Crippen LogP contribution in [0, 0.1) is 0 Å². The van der Waals surface area contributed by atoms with Crippen molar-refractivity contribution in [2.75, 3.05) is 50.0 Å². The van der Waals surface area contributed by atoms with Gasteiger partial charge >= 0.3 is 177 Å². The van der Waals surface area contributed by atoms with Gasteiger partial charge in [-0.3, -0.25) is 0 Å². The van der Waals surface area contributed by atoms with Gasteiger partial charge in [-0.2, -0.15) is 0 Å². The zero-order valence-electron chi connectivity index (χ0n) is 19.2. The van der Waals surface area contributed by atoms with E-state index in [9.17, 15) is 0 Å². The molecule has 2 N–H and O–H groups in total. The molecule has 0 aliphatic carbocycles. The van der Waals surface area contributed by atoms with Gasteiger partial charge in [-0.1, -0.05) is 0 Å². The first-order chi connectivity index (χ1) is 16.1. The van der Waals surface area contributed by atoms with Crippen molar-refractivity contribution >= 4 is 36.1 Å². The van der Waals surface area contributed by atoms with Gasteiger partial charge < -0.3 is 10.5 Å². The number of aromatic nitrogens is 6. The van der Waals surface area contributed by atoms with Crippen LogP contribution in [0.4, 0.5) is 11.9 Å². The van der Waals surface area contributed by atoms with E-state index in [4.69, 9.17) is 25.4 Å². The van der Waals surface area contributed by atoms with Crippen LogP contribution in [0.15, 0.2) is 18.7 Å². The molecule has 33 heavy (non-hydrogen) atoms. The normalized spacial score (nSPS) is 17.6. The summed E-state index contributed by atoms with van der Waals surface area (Å²) in [4.78, 5) is 27.5. The number of hydrogen-bond acceptors (Lipinski definition) is 9. The van der Waals surface area contributed by atoms with Crippen LogP contribution >= 0.6 is 0 Å². The number of nitrogens with zero attached hydrogens (tertiary/aromatic N) is 8. The minimum absolute atomic E-state index is 0.236. The van der Waals surface area contributed by atoms with Gasteiger partial charge in [0.05, 0.1) is 0 Å². The number of ether oxygens (including phenoxy) is 1. The number of likely N-dealkylation sites (tertiary alicyclic amines) is 1. The Morgan fingerprint density at radius 1 is 1.09 bits per heavy atom. The number of hydrogen-bond donors (Lipinski definition) is 1. The van der Waals surface area contributed by atoms with Gasteiger partial charge in [0, 0.05) is 0 Å². The molecule has 10 nitrogen and oxygen atoms in total. The van der Waals surface area contributed by atoms with Gasteiger partial charge in [0.1, 0.15) is 0 Å². The van der Waals surface area contributed by atoms with Crippen molar-refractivity contribution in [1.82, 2.24) is 34.4 Å². The van der Waals surface area contributed by atoms with E-state index in [-0.39, 0.29) is 5.95 Å². The van der Waals surface area contributed by atoms with Crippen LogP contribution < -0.4 is 10.6 Å². The predicted molar refractivity (Wildman–Crippen MR) is 131 cm³/mol. The third kappa shape index (κ3) is 4.41. The van der Waals surface area contributed by atoms with Crippen LogP contribution in [0.25, 0.3) is 22.4 Å². The van der Waals surface area contributed by atoms with Gasteiger partial charge in [0.25, 0.3) is 0 Å². The van der Waals surface area contributed by atoms with Crippen molar-refractivity contribution < 1.29 is 4.74 Å². The van der Waals surface area contributed by atoms with Crippen molar-refractivity contribution in [3.8, 4) is 11.3 Å². The molecule has 172 valence electrons. The Kier molecular flexibility index (Phi) is 6.21. The molecule has 0 aromatic carbocycles. The van der Waals surface area contributed by atoms with Crippen molar-refractivity contribution in [2.24, 2.45) is 0 Å². The molecule has 2 saturated heterocycles. The molecule has 2 aliphatic heterocycles. The molecule has 0 bridgehead atoms. The van der Waals surface area contributed by atoms with Gasteiger partial charge in [-0.15, -0.1) is 0 Å². The number of anilines is 2. The maximum absolute atomic E-state index is 5.71. The summed E-state index contributed by atoms with van der Waals surface area (Å²) in [5.41, 5.74) is 10.1. The molecular formula is C22H30BN9O. The molecule has 3 aromatic rings. The molecular weight excluding hydrogens is 417 g/mol. The summed E-state index contributed by atoms with van der Waals surface area (Å²) in [6, 6.07) is 0.337. The van der Waals surface area contributed by atoms with E-state index >= 15 is 0 Å². The maximum atomic E-state index is 5.71. The van der Waals surface area contributed by atoms with Crippen LogP contribution in [0.3, 0.4) is 0 Å². The second-order valence-electron chi connectivity index (χ2n) is 8.66. The van der Waals surface area contributed by atoms with Crippen LogP contribution in [0.1, 0.15) is 38.6 Å². The fourth-order valence-electron chi connectivity index (χ4n) is 4.65. The summed E-state index contributed by atoms with van der Waals surface area (Å²) in [5, 5.41) is 0. The van der Waals surface area contributed by atoms with Crippen molar-refractivity contribution in [1.29, 1.82) is 0 Å². The molecule has 5 heterocycles. The summed E-state index contributed by atoms with van der Waals surface area (Å²) in [7, 11) is 4.27. The molecule has 11 heteroatoms. The molecule has 0 saturated carbocycles. The second-order valence-corrected chi connectivity index (χ2v) is 8.66. The molecule has 3 aromatic heterocycles. The van der Waals surface area contributed by atoms with E-state index < -0.39 is 0 Å². The Labute approximate surface area is 194 Å². The Hall–Kier alpha value is -3.08. The Bertz CT molecular complexity index is 1120. The van der Waals surface area contributed by atoms with E-state index in [0.29, 0.717) is 25.2 Å². The SMILES string of the molecule is B=C(CCC)N1CCC(n2cnc3c(-c4cnc(N)nc4)nc(N4CCOCC4)nc32)CC1. The van der Waals surface area contributed by atoms with Gasteiger partial charge in [-0.25, -0.2) is 0 Å². The summed E-state index contributed by atoms with van der Waals surface area (Å²) in [6.45, 7) is 7.06. The summed E-state index contributed by atoms with van der Waals surface area (Å²) >= 11 is 0. The molecule has 0 unspecified atom stereocenters. The van der Waals surface area contributed by atoms with Crippen LogP contribution in [0.2, 0.25) is 0 Å². The first kappa shape index (κ1) is 21.8. The zero-order chi connectivity index (χ0) is 22.8. The van der Waals surface area contributed by atoms with Crippen LogP contribution in [-0.4, -0.2) is 86.9 Å². The number of nitrogens with two attached hydrogens (primary N) is 1. The standard InChI is InChI=1S/C22H30BN9O/c1-2-3-17(23)30-6-4-16(5-7-30)32-14-27-19-18(15-12-25-21(24)26-13-15)28-22(29-20(19)32)31-8-10-33-11-9-31/h12-14,16,23H,2-11H2,1H3,(H2,24,25,26). The van der Waals surface area contributed by atoms with Gasteiger partial charge in [0.2, 0.25) is 5.95 Å².